The molecule has 0 heterocycles. The first-order valence-corrected chi connectivity index (χ1v) is 7.72. The van der Waals surface area contributed by atoms with Gasteiger partial charge >= 0.3 is 17.9 Å². The second-order valence-corrected chi connectivity index (χ2v) is 4.53. The Morgan fingerprint density at radius 1 is 0.727 bits per heavy atom. The maximum absolute atomic E-state index is 11.4. The Kier molecular flexibility index (Phi) is 12.1. The molecule has 0 atom stereocenters. The van der Waals surface area contributed by atoms with E-state index in [9.17, 15) is 14.4 Å². The van der Waals surface area contributed by atoms with Crippen LogP contribution in [0.15, 0.2) is 0 Å². The van der Waals surface area contributed by atoms with Crippen molar-refractivity contribution in [2.45, 2.75) is 40.0 Å². The zero-order valence-electron chi connectivity index (χ0n) is 13.8. The lowest BCUT2D eigenvalue weighted by molar-refractivity contribution is -0.146. The monoisotopic (exact) mass is 317 g/mol. The average Bonchev–Trinajstić information content (AvgIpc) is 2.49. The minimum atomic E-state index is -0.283. The molecule has 0 amide bonds. The van der Waals surface area contributed by atoms with Crippen LogP contribution in [-0.4, -0.2) is 62.3 Å². The quantitative estimate of drug-likeness (QED) is 0.394. The van der Waals surface area contributed by atoms with E-state index in [0.717, 1.165) is 0 Å². The molecule has 0 fully saturated rings. The molecule has 128 valence electrons. The highest BCUT2D eigenvalue weighted by molar-refractivity contribution is 5.70. The number of rotatable bonds is 12. The van der Waals surface area contributed by atoms with Gasteiger partial charge in [-0.25, -0.2) is 0 Å². The van der Waals surface area contributed by atoms with Crippen LogP contribution in [0, 0.1) is 0 Å². The molecule has 0 aromatic rings. The fraction of sp³-hybridized carbons (Fsp3) is 0.800. The smallest absolute Gasteiger partial charge is 0.307 e. The van der Waals surface area contributed by atoms with Gasteiger partial charge in [0.05, 0.1) is 26.1 Å². The molecular formula is C15H27NO6. The molecule has 0 unspecified atom stereocenters. The summed E-state index contributed by atoms with van der Waals surface area (Å²) in [5.74, 6) is -0.834. The molecule has 0 aliphatic heterocycles. The Labute approximate surface area is 131 Å². The summed E-state index contributed by atoms with van der Waals surface area (Å²) in [5, 5.41) is 0. The van der Waals surface area contributed by atoms with Crippen LogP contribution in [0.5, 0.6) is 0 Å². The van der Waals surface area contributed by atoms with Crippen LogP contribution in [0.1, 0.15) is 40.0 Å². The summed E-state index contributed by atoms with van der Waals surface area (Å²) in [6.07, 6.45) is 0.794. The summed E-state index contributed by atoms with van der Waals surface area (Å²) in [4.78, 5) is 35.8. The molecule has 0 aromatic carbocycles. The van der Waals surface area contributed by atoms with Crippen molar-refractivity contribution in [1.29, 1.82) is 0 Å². The zero-order valence-corrected chi connectivity index (χ0v) is 13.8. The molecule has 0 bridgehead atoms. The van der Waals surface area contributed by atoms with Crippen LogP contribution in [-0.2, 0) is 28.6 Å². The Bertz CT molecular complexity index is 323. The SMILES string of the molecule is CCOC(=O)CCN(CCOC(=O)CC)CCC(=O)OCC. The summed E-state index contributed by atoms with van der Waals surface area (Å²) in [6.45, 7) is 7.50. The first kappa shape index (κ1) is 20.4. The standard InChI is InChI=1S/C15H27NO6/c1-4-13(17)22-12-11-16(9-7-14(18)20-5-2)10-8-15(19)21-6-3/h4-12H2,1-3H3. The van der Waals surface area contributed by atoms with Crippen LogP contribution < -0.4 is 0 Å². The summed E-state index contributed by atoms with van der Waals surface area (Å²) < 4.78 is 14.8. The molecule has 22 heavy (non-hydrogen) atoms. The average molecular weight is 317 g/mol. The molecule has 0 N–H and O–H groups in total. The van der Waals surface area contributed by atoms with E-state index in [1.54, 1.807) is 20.8 Å². The van der Waals surface area contributed by atoms with Gasteiger partial charge in [0.1, 0.15) is 6.61 Å². The number of carbonyl (C=O) groups excluding carboxylic acids is 3. The normalized spacial score (nSPS) is 10.4. The Balaban J connectivity index is 4.20. The topological polar surface area (TPSA) is 82.1 Å². The van der Waals surface area contributed by atoms with E-state index in [-0.39, 0.29) is 37.4 Å². The zero-order chi connectivity index (χ0) is 16.8. The van der Waals surface area contributed by atoms with Gasteiger partial charge in [-0.1, -0.05) is 6.92 Å². The van der Waals surface area contributed by atoms with Crippen molar-refractivity contribution in [3.05, 3.63) is 0 Å². The summed E-state index contributed by atoms with van der Waals surface area (Å²) in [7, 11) is 0. The lowest BCUT2D eigenvalue weighted by Gasteiger charge is -2.21. The van der Waals surface area contributed by atoms with Crippen LogP contribution in [0.3, 0.4) is 0 Å². The van der Waals surface area contributed by atoms with Gasteiger partial charge in [-0.15, -0.1) is 0 Å². The highest BCUT2D eigenvalue weighted by atomic mass is 16.5. The van der Waals surface area contributed by atoms with Crippen LogP contribution >= 0.6 is 0 Å². The molecule has 0 aliphatic carbocycles. The van der Waals surface area contributed by atoms with Gasteiger partial charge in [0.2, 0.25) is 0 Å². The molecule has 0 saturated carbocycles. The maximum atomic E-state index is 11.4. The van der Waals surface area contributed by atoms with Crippen molar-refractivity contribution in [2.24, 2.45) is 0 Å². The van der Waals surface area contributed by atoms with Gasteiger partial charge in [-0.2, -0.15) is 0 Å². The Morgan fingerprint density at radius 3 is 1.64 bits per heavy atom. The fourth-order valence-electron chi connectivity index (χ4n) is 1.69. The van der Waals surface area contributed by atoms with Gasteiger partial charge in [0, 0.05) is 26.1 Å². The third kappa shape index (κ3) is 11.1. The largest absolute Gasteiger partial charge is 0.466 e. The first-order valence-electron chi connectivity index (χ1n) is 7.72. The first-order chi connectivity index (χ1) is 10.5. The molecule has 0 spiro atoms. The number of carbonyl (C=O) groups is 3. The van der Waals surface area contributed by atoms with Crippen molar-refractivity contribution in [3.63, 3.8) is 0 Å². The van der Waals surface area contributed by atoms with Crippen molar-refractivity contribution in [3.8, 4) is 0 Å². The molecule has 7 nitrogen and oxygen atoms in total. The van der Waals surface area contributed by atoms with E-state index >= 15 is 0 Å². The van der Waals surface area contributed by atoms with Crippen molar-refractivity contribution >= 4 is 17.9 Å². The van der Waals surface area contributed by atoms with E-state index in [1.807, 2.05) is 4.90 Å². The van der Waals surface area contributed by atoms with Crippen LogP contribution in [0.2, 0.25) is 0 Å². The molecule has 0 aromatic heterocycles. The number of esters is 3. The Morgan fingerprint density at radius 2 is 1.23 bits per heavy atom. The van der Waals surface area contributed by atoms with E-state index in [2.05, 4.69) is 0 Å². The van der Waals surface area contributed by atoms with Crippen LogP contribution in [0.25, 0.3) is 0 Å². The Hall–Kier alpha value is -1.63. The second-order valence-electron chi connectivity index (χ2n) is 4.53. The van der Waals surface area contributed by atoms with Gasteiger partial charge < -0.3 is 14.2 Å². The summed E-state index contributed by atoms with van der Waals surface area (Å²) in [6, 6.07) is 0. The molecule has 0 saturated heterocycles. The molecule has 0 aliphatic rings. The van der Waals surface area contributed by atoms with Gasteiger partial charge in [-0.05, 0) is 13.8 Å². The fourth-order valence-corrected chi connectivity index (χ4v) is 1.69. The lowest BCUT2D eigenvalue weighted by atomic mass is 10.3. The van der Waals surface area contributed by atoms with Gasteiger partial charge in [0.15, 0.2) is 0 Å². The number of ether oxygens (including phenoxy) is 3. The molecule has 0 rings (SSSR count). The van der Waals surface area contributed by atoms with Crippen molar-refractivity contribution in [2.75, 3.05) is 39.5 Å². The van der Waals surface area contributed by atoms with Crippen molar-refractivity contribution in [1.82, 2.24) is 4.90 Å². The molecular weight excluding hydrogens is 290 g/mol. The lowest BCUT2D eigenvalue weighted by Crippen LogP contribution is -2.33. The van der Waals surface area contributed by atoms with Crippen LogP contribution in [0.4, 0.5) is 0 Å². The molecule has 0 radical (unpaired) electrons. The second kappa shape index (κ2) is 13.1. The number of nitrogens with zero attached hydrogens (tertiary/aromatic N) is 1. The van der Waals surface area contributed by atoms with Gasteiger partial charge in [0.25, 0.3) is 0 Å². The molecule has 7 heteroatoms. The van der Waals surface area contributed by atoms with Gasteiger partial charge in [-0.3, -0.25) is 19.3 Å². The highest BCUT2D eigenvalue weighted by Gasteiger charge is 2.12. The predicted molar refractivity (Wildman–Crippen MR) is 80.2 cm³/mol. The number of hydrogen-bond donors (Lipinski definition) is 0. The van der Waals surface area contributed by atoms with E-state index in [0.29, 0.717) is 39.3 Å². The highest BCUT2D eigenvalue weighted by Crippen LogP contribution is 1.99. The third-order valence-corrected chi connectivity index (χ3v) is 2.83. The van der Waals surface area contributed by atoms with E-state index in [1.165, 1.54) is 0 Å². The minimum absolute atomic E-state index is 0.234. The van der Waals surface area contributed by atoms with E-state index in [4.69, 9.17) is 14.2 Å². The van der Waals surface area contributed by atoms with Crippen molar-refractivity contribution < 1.29 is 28.6 Å². The third-order valence-electron chi connectivity index (χ3n) is 2.83. The van der Waals surface area contributed by atoms with E-state index < -0.39 is 0 Å². The summed E-state index contributed by atoms with van der Waals surface area (Å²) in [5.41, 5.74) is 0. The number of hydrogen-bond acceptors (Lipinski definition) is 7. The maximum Gasteiger partial charge on any atom is 0.307 e. The summed E-state index contributed by atoms with van der Waals surface area (Å²) >= 11 is 0. The predicted octanol–water partition coefficient (Wildman–Crippen LogP) is 1.15. The minimum Gasteiger partial charge on any atom is -0.466 e.